The van der Waals surface area contributed by atoms with E-state index in [0.717, 1.165) is 5.56 Å². The average molecular weight is 426 g/mol. The standard InChI is InChI=1S/C22H23N3O4S/c1-3-19(16-9-5-4-6-10-16)24-22(26)18-15-17(29-2)12-13-20(18)25-30(27,28)21-11-7-8-14-23-21/h4-15,19,25H,3H2,1-2H3,(H,24,26). The second kappa shape index (κ2) is 9.41. The van der Waals surface area contributed by atoms with E-state index >= 15 is 0 Å². The van der Waals surface area contributed by atoms with Crippen molar-refractivity contribution >= 4 is 21.6 Å². The van der Waals surface area contributed by atoms with E-state index in [1.54, 1.807) is 18.2 Å². The Hall–Kier alpha value is -3.39. The van der Waals surface area contributed by atoms with E-state index in [0.29, 0.717) is 12.2 Å². The number of aromatic nitrogens is 1. The van der Waals surface area contributed by atoms with Crippen molar-refractivity contribution in [3.8, 4) is 5.75 Å². The van der Waals surface area contributed by atoms with Gasteiger partial charge in [-0.3, -0.25) is 9.52 Å². The Balaban J connectivity index is 1.92. The first kappa shape index (κ1) is 21.3. The number of sulfonamides is 1. The summed E-state index contributed by atoms with van der Waals surface area (Å²) >= 11 is 0. The number of hydrogen-bond donors (Lipinski definition) is 2. The van der Waals surface area contributed by atoms with Gasteiger partial charge in [-0.25, -0.2) is 4.98 Å². The van der Waals surface area contributed by atoms with Crippen LogP contribution in [0.5, 0.6) is 5.75 Å². The lowest BCUT2D eigenvalue weighted by Crippen LogP contribution is -2.29. The fourth-order valence-electron chi connectivity index (χ4n) is 2.97. The predicted molar refractivity (Wildman–Crippen MR) is 115 cm³/mol. The van der Waals surface area contributed by atoms with E-state index in [-0.39, 0.29) is 22.3 Å². The fourth-order valence-corrected chi connectivity index (χ4v) is 4.00. The van der Waals surface area contributed by atoms with Crippen LogP contribution in [0.25, 0.3) is 0 Å². The Morgan fingerprint density at radius 3 is 2.43 bits per heavy atom. The van der Waals surface area contributed by atoms with Crippen molar-refractivity contribution < 1.29 is 17.9 Å². The van der Waals surface area contributed by atoms with Gasteiger partial charge in [0.25, 0.3) is 15.9 Å². The highest BCUT2D eigenvalue weighted by molar-refractivity contribution is 7.92. The number of carbonyl (C=O) groups excluding carboxylic acids is 1. The smallest absolute Gasteiger partial charge is 0.279 e. The molecule has 0 saturated heterocycles. The van der Waals surface area contributed by atoms with Crippen LogP contribution in [0.15, 0.2) is 78.0 Å². The van der Waals surface area contributed by atoms with Crippen LogP contribution in [0, 0.1) is 0 Å². The van der Waals surface area contributed by atoms with Gasteiger partial charge in [0, 0.05) is 6.20 Å². The number of rotatable bonds is 8. The average Bonchev–Trinajstić information content (AvgIpc) is 2.78. The van der Waals surface area contributed by atoms with Crippen molar-refractivity contribution in [1.29, 1.82) is 0 Å². The monoisotopic (exact) mass is 425 g/mol. The fraction of sp³-hybridized carbons (Fsp3) is 0.182. The van der Waals surface area contributed by atoms with E-state index in [1.165, 1.54) is 31.5 Å². The van der Waals surface area contributed by atoms with Crippen molar-refractivity contribution in [3.63, 3.8) is 0 Å². The maximum atomic E-state index is 13.1. The molecule has 3 rings (SSSR count). The number of carbonyl (C=O) groups is 1. The van der Waals surface area contributed by atoms with Gasteiger partial charge in [0.2, 0.25) is 0 Å². The molecule has 1 aromatic heterocycles. The first-order chi connectivity index (χ1) is 14.4. The first-order valence-corrected chi connectivity index (χ1v) is 10.9. The molecule has 7 nitrogen and oxygen atoms in total. The van der Waals surface area contributed by atoms with Gasteiger partial charge in [0.1, 0.15) is 5.75 Å². The van der Waals surface area contributed by atoms with Crippen LogP contribution in [0.1, 0.15) is 35.3 Å². The molecule has 0 radical (unpaired) electrons. The molecule has 0 fully saturated rings. The van der Waals surface area contributed by atoms with Crippen molar-refractivity contribution in [2.24, 2.45) is 0 Å². The highest BCUT2D eigenvalue weighted by Crippen LogP contribution is 2.26. The van der Waals surface area contributed by atoms with Gasteiger partial charge >= 0.3 is 0 Å². The van der Waals surface area contributed by atoms with Gasteiger partial charge in [0.05, 0.1) is 24.4 Å². The summed E-state index contributed by atoms with van der Waals surface area (Å²) in [5.74, 6) is 0.0250. The highest BCUT2D eigenvalue weighted by Gasteiger charge is 2.22. The van der Waals surface area contributed by atoms with Gasteiger partial charge in [0.15, 0.2) is 5.03 Å². The van der Waals surface area contributed by atoms with Crippen LogP contribution in [-0.4, -0.2) is 26.4 Å². The second-order valence-corrected chi connectivity index (χ2v) is 8.16. The number of methoxy groups -OCH3 is 1. The zero-order valence-corrected chi connectivity index (χ0v) is 17.5. The molecule has 0 aliphatic carbocycles. The molecular formula is C22H23N3O4S. The molecule has 0 saturated carbocycles. The third-order valence-electron chi connectivity index (χ3n) is 4.54. The Morgan fingerprint density at radius 1 is 1.07 bits per heavy atom. The molecule has 0 bridgehead atoms. The summed E-state index contributed by atoms with van der Waals surface area (Å²) in [6.07, 6.45) is 2.07. The number of nitrogens with one attached hydrogen (secondary N) is 2. The van der Waals surface area contributed by atoms with E-state index in [4.69, 9.17) is 4.74 Å². The van der Waals surface area contributed by atoms with Crippen molar-refractivity contribution in [1.82, 2.24) is 10.3 Å². The largest absolute Gasteiger partial charge is 0.497 e. The lowest BCUT2D eigenvalue weighted by molar-refractivity contribution is 0.0936. The molecule has 0 spiro atoms. The van der Waals surface area contributed by atoms with E-state index < -0.39 is 15.9 Å². The predicted octanol–water partition coefficient (Wildman–Crippen LogP) is 3.77. The zero-order chi connectivity index (χ0) is 21.6. The molecule has 156 valence electrons. The van der Waals surface area contributed by atoms with Crippen LogP contribution in [0.4, 0.5) is 5.69 Å². The van der Waals surface area contributed by atoms with E-state index in [1.807, 2.05) is 37.3 Å². The summed E-state index contributed by atoms with van der Waals surface area (Å²) in [6.45, 7) is 1.97. The van der Waals surface area contributed by atoms with E-state index in [9.17, 15) is 13.2 Å². The molecule has 2 aromatic carbocycles. The SMILES string of the molecule is CCC(NC(=O)c1cc(OC)ccc1NS(=O)(=O)c1ccccn1)c1ccccc1. The molecule has 1 unspecified atom stereocenters. The zero-order valence-electron chi connectivity index (χ0n) is 16.7. The summed E-state index contributed by atoms with van der Waals surface area (Å²) < 4.78 is 33.1. The Kier molecular flexibility index (Phi) is 6.68. The van der Waals surface area contributed by atoms with Gasteiger partial charge in [-0.1, -0.05) is 43.3 Å². The minimum Gasteiger partial charge on any atom is -0.497 e. The van der Waals surface area contributed by atoms with Crippen molar-refractivity contribution in [2.75, 3.05) is 11.8 Å². The molecule has 1 amide bonds. The van der Waals surface area contributed by atoms with Gasteiger partial charge in [-0.05, 0) is 42.3 Å². The third-order valence-corrected chi connectivity index (χ3v) is 5.83. The minimum absolute atomic E-state index is 0.136. The molecule has 2 N–H and O–H groups in total. The van der Waals surface area contributed by atoms with Gasteiger partial charge < -0.3 is 10.1 Å². The molecule has 8 heteroatoms. The molecule has 0 aliphatic heterocycles. The van der Waals surface area contributed by atoms with Gasteiger partial charge in [-0.2, -0.15) is 8.42 Å². The summed E-state index contributed by atoms with van der Waals surface area (Å²) in [5, 5.41) is 2.84. The molecule has 1 atom stereocenters. The third kappa shape index (κ3) is 4.96. The molecule has 30 heavy (non-hydrogen) atoms. The summed E-state index contributed by atoms with van der Waals surface area (Å²) in [6, 6.07) is 18.5. The Morgan fingerprint density at radius 2 is 1.80 bits per heavy atom. The first-order valence-electron chi connectivity index (χ1n) is 9.42. The number of benzene rings is 2. The maximum Gasteiger partial charge on any atom is 0.279 e. The summed E-state index contributed by atoms with van der Waals surface area (Å²) in [7, 11) is -2.48. The topological polar surface area (TPSA) is 97.4 Å². The quantitative estimate of drug-likeness (QED) is 0.573. The second-order valence-electron chi connectivity index (χ2n) is 6.53. The Bertz CT molecular complexity index is 1100. The number of pyridine rings is 1. The maximum absolute atomic E-state index is 13.1. The van der Waals surface area contributed by atoms with Crippen LogP contribution in [0.2, 0.25) is 0 Å². The number of anilines is 1. The molecule has 1 heterocycles. The number of ether oxygens (including phenoxy) is 1. The molecule has 0 aliphatic rings. The number of amides is 1. The lowest BCUT2D eigenvalue weighted by Gasteiger charge is -2.19. The Labute approximate surface area is 176 Å². The lowest BCUT2D eigenvalue weighted by atomic mass is 10.0. The molecule has 3 aromatic rings. The van der Waals surface area contributed by atoms with Crippen LogP contribution >= 0.6 is 0 Å². The van der Waals surface area contributed by atoms with Crippen molar-refractivity contribution in [2.45, 2.75) is 24.4 Å². The van der Waals surface area contributed by atoms with Crippen LogP contribution in [-0.2, 0) is 10.0 Å². The van der Waals surface area contributed by atoms with E-state index in [2.05, 4.69) is 15.0 Å². The van der Waals surface area contributed by atoms with Crippen LogP contribution in [0.3, 0.4) is 0 Å². The highest BCUT2D eigenvalue weighted by atomic mass is 32.2. The number of hydrogen-bond acceptors (Lipinski definition) is 5. The minimum atomic E-state index is -3.96. The normalized spacial score (nSPS) is 12.1. The van der Waals surface area contributed by atoms with Crippen LogP contribution < -0.4 is 14.8 Å². The summed E-state index contributed by atoms with van der Waals surface area (Å²) in [4.78, 5) is 17.0. The van der Waals surface area contributed by atoms with Gasteiger partial charge in [-0.15, -0.1) is 0 Å². The molecular weight excluding hydrogens is 402 g/mol. The summed E-state index contributed by atoms with van der Waals surface area (Å²) in [5.41, 5.74) is 1.26. The number of nitrogens with zero attached hydrogens (tertiary/aromatic N) is 1. The van der Waals surface area contributed by atoms with Crippen molar-refractivity contribution in [3.05, 3.63) is 84.1 Å².